The monoisotopic (exact) mass is 718 g/mol. The fourth-order valence-corrected chi connectivity index (χ4v) is 6.83. The maximum atomic E-state index is 12.3. The number of methoxy groups -OCH3 is 1. The Kier molecular flexibility index (Phi) is 18.8. The first-order valence-corrected chi connectivity index (χ1v) is 18.9. The van der Waals surface area contributed by atoms with E-state index in [-0.39, 0.29) is 11.2 Å². The van der Waals surface area contributed by atoms with E-state index in [9.17, 15) is 4.79 Å². The first kappa shape index (κ1) is 38.0. The van der Waals surface area contributed by atoms with Gasteiger partial charge in [0.25, 0.3) is 0 Å². The van der Waals surface area contributed by atoms with Gasteiger partial charge in [-0.2, -0.15) is 0 Å². The van der Waals surface area contributed by atoms with Crippen molar-refractivity contribution in [3.63, 3.8) is 0 Å². The van der Waals surface area contributed by atoms with E-state index in [0.29, 0.717) is 11.5 Å². The number of hydrogen-bond acceptors (Lipinski definition) is 6. The minimum absolute atomic E-state index is 0.231. The zero-order chi connectivity index (χ0) is 31.7. The molecule has 228 valence electrons. The number of hydrogen-bond donors (Lipinski definition) is 0. The van der Waals surface area contributed by atoms with Gasteiger partial charge in [0.1, 0.15) is 0 Å². The van der Waals surface area contributed by atoms with Gasteiger partial charge < -0.3 is 4.74 Å². The van der Waals surface area contributed by atoms with Gasteiger partial charge in [0.15, 0.2) is 0 Å². The van der Waals surface area contributed by atoms with E-state index in [4.69, 9.17) is 9.72 Å². The average molecular weight is 719 g/mol. The summed E-state index contributed by atoms with van der Waals surface area (Å²) in [6.45, 7) is 19.0. The molecule has 0 N–H and O–H groups in total. The smallest absolute Gasteiger partial charge is 0.333 e. The number of terminal acetylenes is 1. The quantitative estimate of drug-likeness (QED) is 0.0491. The molecule has 0 aliphatic heterocycles. The van der Waals surface area contributed by atoms with Gasteiger partial charge in [-0.05, 0) is 94.4 Å². The molecule has 1 aromatic carbocycles. The second kappa shape index (κ2) is 20.8. The Balaban J connectivity index is 0.00000165. The number of esters is 1. The summed E-state index contributed by atoms with van der Waals surface area (Å²) < 4.78 is 5.02. The van der Waals surface area contributed by atoms with Crippen LogP contribution in [0.4, 0.5) is 0 Å². The predicted molar refractivity (Wildman–Crippen MR) is 197 cm³/mol. The molecule has 1 heterocycles. The van der Waals surface area contributed by atoms with Gasteiger partial charge in [-0.15, -0.1) is 24.1 Å². The number of aliphatic imine (C=N–C) groups is 1. The lowest BCUT2D eigenvalue weighted by Gasteiger charge is -2.27. The summed E-state index contributed by atoms with van der Waals surface area (Å²) in [5, 5.41) is 2.41. The van der Waals surface area contributed by atoms with Crippen LogP contribution in [0.2, 0.25) is 0 Å². The summed E-state index contributed by atoms with van der Waals surface area (Å²) in [6.07, 6.45) is 12.6. The summed E-state index contributed by atoms with van der Waals surface area (Å²) in [5.41, 5.74) is 6.07. The molecule has 1 saturated carbocycles. The minimum atomic E-state index is -0.290. The zero-order valence-electron chi connectivity index (χ0n) is 26.6. The van der Waals surface area contributed by atoms with Crippen LogP contribution in [0.15, 0.2) is 64.0 Å². The Morgan fingerprint density at radius 1 is 1.24 bits per heavy atom. The topological polar surface area (TPSA) is 51.5 Å². The first-order chi connectivity index (χ1) is 20.2. The van der Waals surface area contributed by atoms with E-state index in [1.165, 1.54) is 31.9 Å². The highest BCUT2D eigenvalue weighted by molar-refractivity contribution is 14.2. The molecule has 0 spiro atoms. The Bertz CT molecular complexity index is 1320. The molecule has 2 aromatic rings. The van der Waals surface area contributed by atoms with Crippen LogP contribution in [0, 0.1) is 18.3 Å². The van der Waals surface area contributed by atoms with Crippen LogP contribution in [0.1, 0.15) is 97.1 Å². The summed E-state index contributed by atoms with van der Waals surface area (Å²) in [7, 11) is 3.06. The van der Waals surface area contributed by atoms with Crippen LogP contribution in [0.5, 0.6) is 0 Å². The first-order valence-electron chi connectivity index (χ1n) is 14.6. The van der Waals surface area contributed by atoms with Crippen LogP contribution in [0.25, 0.3) is 16.5 Å². The average Bonchev–Trinajstić information content (AvgIpc) is 3.01. The number of pyridine rings is 1. The van der Waals surface area contributed by atoms with E-state index < -0.39 is 0 Å². The SMILES string of the molecule is C#CC.C=C(SI)/C(=C(\C=C(/C)C(=O)OC)C1CCCCC1)c1ccc2nc(C(C)SC(C)=NCC)ccc2c1.CC. The normalized spacial score (nSPS) is 15.2. The largest absolute Gasteiger partial charge is 0.466 e. The van der Waals surface area contributed by atoms with Gasteiger partial charge in [0.2, 0.25) is 0 Å². The van der Waals surface area contributed by atoms with Gasteiger partial charge in [-0.3, -0.25) is 9.98 Å². The number of benzene rings is 1. The van der Waals surface area contributed by atoms with E-state index in [1.807, 2.05) is 26.8 Å². The fraction of sp³-hybridized carbons (Fsp3) is 0.457. The maximum Gasteiger partial charge on any atom is 0.333 e. The van der Waals surface area contributed by atoms with Crippen molar-refractivity contribution in [3.8, 4) is 12.3 Å². The molecule has 1 aliphatic rings. The molecule has 3 rings (SSSR count). The number of thioether (sulfide) groups is 1. The van der Waals surface area contributed by atoms with Crippen molar-refractivity contribution < 1.29 is 9.53 Å². The summed E-state index contributed by atoms with van der Waals surface area (Å²) in [4.78, 5) is 22.8. The Morgan fingerprint density at radius 3 is 2.45 bits per heavy atom. The van der Waals surface area contributed by atoms with Gasteiger partial charge >= 0.3 is 5.97 Å². The Hall–Kier alpha value is -2.02. The molecular weight excluding hydrogens is 671 g/mol. The van der Waals surface area contributed by atoms with E-state index >= 15 is 0 Å². The van der Waals surface area contributed by atoms with E-state index in [0.717, 1.165) is 57.1 Å². The van der Waals surface area contributed by atoms with Crippen molar-refractivity contribution in [2.45, 2.75) is 85.8 Å². The summed E-state index contributed by atoms with van der Waals surface area (Å²) in [6, 6.07) is 10.8. The second-order valence-electron chi connectivity index (χ2n) is 9.67. The number of nitrogens with zero attached hydrogens (tertiary/aromatic N) is 2. The summed E-state index contributed by atoms with van der Waals surface area (Å²) in [5.74, 6) is 2.35. The standard InChI is InChI=1S/C30H37IN2O2S2.C3H4.C2H6/c1-7-32-22(5)36-20(3)27-15-13-24-18-25(14-16-28(24)33-27)29(21(4)37-31)26(17-19(2)30(34)35-6)23-11-9-8-10-12-23;1-3-2;1-2/h13-18,20,23H,4,7-12H2,1-3,5-6H3;1H,2H3;1-2H3/b19-17+,29-26-,32-22?;;. The van der Waals surface area contributed by atoms with Crippen LogP contribution in [-0.4, -0.2) is 29.7 Å². The number of rotatable bonds is 9. The maximum absolute atomic E-state index is 12.3. The molecule has 1 fully saturated rings. The number of ether oxygens (including phenoxy) is 1. The molecule has 7 heteroatoms. The summed E-state index contributed by atoms with van der Waals surface area (Å²) >= 11 is 4.06. The third-order valence-electron chi connectivity index (χ3n) is 6.73. The zero-order valence-corrected chi connectivity index (χ0v) is 30.3. The minimum Gasteiger partial charge on any atom is -0.466 e. The van der Waals surface area contributed by atoms with Crippen molar-refractivity contribution in [2.24, 2.45) is 10.9 Å². The highest BCUT2D eigenvalue weighted by atomic mass is 127. The highest BCUT2D eigenvalue weighted by Crippen LogP contribution is 2.43. The number of carbonyl (C=O) groups excluding carboxylic acids is 1. The molecule has 4 nitrogen and oxygen atoms in total. The fourth-order valence-electron chi connectivity index (χ4n) is 4.89. The van der Waals surface area contributed by atoms with Crippen LogP contribution in [0.3, 0.4) is 0 Å². The number of halogens is 1. The van der Waals surface area contributed by atoms with Crippen molar-refractivity contribution in [1.29, 1.82) is 0 Å². The van der Waals surface area contributed by atoms with Crippen molar-refractivity contribution in [1.82, 2.24) is 4.98 Å². The van der Waals surface area contributed by atoms with Gasteiger partial charge in [0, 0.05) is 43.6 Å². The molecule has 0 amide bonds. The molecule has 1 aliphatic carbocycles. The molecule has 0 saturated heterocycles. The van der Waals surface area contributed by atoms with Crippen LogP contribution in [-0.2, 0) is 9.53 Å². The predicted octanol–water partition coefficient (Wildman–Crippen LogP) is 11.2. The highest BCUT2D eigenvalue weighted by Gasteiger charge is 2.23. The van der Waals surface area contributed by atoms with Crippen molar-refractivity contribution >= 4 is 69.4 Å². The molecule has 0 radical (unpaired) electrons. The van der Waals surface area contributed by atoms with Crippen molar-refractivity contribution in [2.75, 3.05) is 13.7 Å². The lowest BCUT2D eigenvalue weighted by Crippen LogP contribution is -2.12. The third-order valence-corrected chi connectivity index (χ3v) is 9.78. The van der Waals surface area contributed by atoms with Gasteiger partial charge in [0.05, 0.1) is 28.6 Å². The molecule has 0 bridgehead atoms. The number of allylic oxidation sites excluding steroid dienone is 3. The van der Waals surface area contributed by atoms with Gasteiger partial charge in [-0.25, -0.2) is 4.79 Å². The molecule has 1 atom stereocenters. The molecule has 1 unspecified atom stereocenters. The third kappa shape index (κ3) is 11.6. The number of aromatic nitrogens is 1. The van der Waals surface area contributed by atoms with E-state index in [1.54, 1.807) is 27.6 Å². The Labute approximate surface area is 275 Å². The molecule has 42 heavy (non-hydrogen) atoms. The second-order valence-corrected chi connectivity index (χ2v) is 13.2. The van der Waals surface area contributed by atoms with E-state index in [2.05, 4.69) is 96.2 Å². The molecular formula is C35H47IN2O2S2. The molecule has 1 aromatic heterocycles. The van der Waals surface area contributed by atoms with Crippen LogP contribution >= 0.6 is 41.9 Å². The Morgan fingerprint density at radius 2 is 1.88 bits per heavy atom. The van der Waals surface area contributed by atoms with Gasteiger partial charge in [-0.1, -0.05) is 60.8 Å². The number of carbonyl (C=O) groups is 1. The van der Waals surface area contributed by atoms with Crippen molar-refractivity contribution in [3.05, 3.63) is 70.3 Å². The lowest BCUT2D eigenvalue weighted by atomic mass is 9.79. The lowest BCUT2D eigenvalue weighted by molar-refractivity contribution is -0.136. The van der Waals surface area contributed by atoms with Crippen LogP contribution < -0.4 is 0 Å². The number of fused-ring (bicyclic) bond motifs is 1.